The average molecular weight is 647 g/mol. The van der Waals surface area contributed by atoms with Crippen molar-refractivity contribution in [3.63, 3.8) is 0 Å². The van der Waals surface area contributed by atoms with Crippen molar-refractivity contribution in [3.05, 3.63) is 12.3 Å². The van der Waals surface area contributed by atoms with E-state index in [9.17, 15) is 29.4 Å². The summed E-state index contributed by atoms with van der Waals surface area (Å²) in [5.41, 5.74) is -0.388. The first-order valence-electron chi connectivity index (χ1n) is 16.6. The summed E-state index contributed by atoms with van der Waals surface area (Å²) in [4.78, 5) is 44.9. The van der Waals surface area contributed by atoms with Gasteiger partial charge in [-0.1, -0.05) is 6.58 Å². The molecule has 12 saturated carbocycles. The molecule has 5 N–H and O–H groups in total. The molecule has 0 saturated heterocycles. The van der Waals surface area contributed by atoms with E-state index in [0.717, 1.165) is 89.4 Å². The molecule has 12 heteroatoms. The van der Waals surface area contributed by atoms with E-state index in [1.165, 1.54) is 6.92 Å². The fourth-order valence-corrected chi connectivity index (χ4v) is 9.95. The summed E-state index contributed by atoms with van der Waals surface area (Å²) in [6.45, 7) is 14.6. The minimum Gasteiger partial charge on any atom is -0.492 e. The fraction of sp³-hybridized carbons (Fsp3) is 0.824. The molecule has 12 aliphatic rings. The van der Waals surface area contributed by atoms with E-state index >= 15 is 0 Å². The number of hydrogen-bond donors (Lipinski definition) is 5. The molecule has 0 atom stereocenters. The summed E-state index contributed by atoms with van der Waals surface area (Å²) >= 11 is 0. The number of aliphatic hydroxyl groups is 2. The highest BCUT2D eigenvalue weighted by atomic mass is 16.5. The van der Waals surface area contributed by atoms with Crippen LogP contribution in [0.2, 0.25) is 0 Å². The van der Waals surface area contributed by atoms with E-state index in [1.807, 2.05) is 20.9 Å². The van der Waals surface area contributed by atoms with Crippen LogP contribution < -0.4 is 16.0 Å². The smallest absolute Gasteiger partial charge is 0.219 e. The predicted molar refractivity (Wildman–Crippen MR) is 169 cm³/mol. The molecule has 12 nitrogen and oxygen atoms in total. The third-order valence-corrected chi connectivity index (χ3v) is 11.3. The Hall–Kier alpha value is -2.70. The second-order valence-corrected chi connectivity index (χ2v) is 16.4. The number of allylic oxidation sites excluding steroid dienone is 1. The molecule has 0 aromatic carbocycles. The molecule has 0 radical (unpaired) electrons. The van der Waals surface area contributed by atoms with Gasteiger partial charge in [0.25, 0.3) is 0 Å². The molecular formula is C34H54N4O8. The summed E-state index contributed by atoms with van der Waals surface area (Å²) in [6, 6.07) is 0. The van der Waals surface area contributed by atoms with Crippen LogP contribution in [0.5, 0.6) is 0 Å². The van der Waals surface area contributed by atoms with Crippen LogP contribution in [0.25, 0.3) is 0 Å². The molecule has 0 spiro atoms. The summed E-state index contributed by atoms with van der Waals surface area (Å²) in [6.07, 6.45) is 10.6. The van der Waals surface area contributed by atoms with Crippen molar-refractivity contribution in [1.29, 1.82) is 0 Å². The molecule has 8 bridgehead atoms. The van der Waals surface area contributed by atoms with Crippen LogP contribution in [0.15, 0.2) is 12.3 Å². The van der Waals surface area contributed by atoms with Crippen LogP contribution in [0.3, 0.4) is 0 Å². The molecule has 0 heterocycles. The molecule has 0 aromatic rings. The fourth-order valence-electron chi connectivity index (χ4n) is 9.95. The first-order valence-corrected chi connectivity index (χ1v) is 16.6. The zero-order valence-corrected chi connectivity index (χ0v) is 28.7. The highest BCUT2D eigenvalue weighted by molar-refractivity contribution is 5.76. The van der Waals surface area contributed by atoms with E-state index in [4.69, 9.17) is 9.47 Å². The number of amides is 4. The van der Waals surface area contributed by atoms with Crippen LogP contribution >= 0.6 is 0 Å². The maximum Gasteiger partial charge on any atom is 0.219 e. The Morgan fingerprint density at radius 3 is 1.28 bits per heavy atom. The van der Waals surface area contributed by atoms with E-state index in [1.54, 1.807) is 25.7 Å². The van der Waals surface area contributed by atoms with Gasteiger partial charge in [-0.05, 0) is 71.6 Å². The van der Waals surface area contributed by atoms with Gasteiger partial charge >= 0.3 is 0 Å². The molecule has 46 heavy (non-hydrogen) atoms. The number of carbonyl (C=O) groups is 4. The van der Waals surface area contributed by atoms with Crippen molar-refractivity contribution < 1.29 is 38.9 Å². The van der Waals surface area contributed by atoms with Gasteiger partial charge in [0.05, 0.1) is 33.6 Å². The van der Waals surface area contributed by atoms with Gasteiger partial charge in [-0.3, -0.25) is 19.2 Å². The third kappa shape index (κ3) is 6.29. The van der Waals surface area contributed by atoms with Gasteiger partial charge < -0.3 is 40.5 Å². The highest BCUT2D eigenvalue weighted by Gasteiger charge is 2.72. The van der Waals surface area contributed by atoms with Crippen molar-refractivity contribution in [3.8, 4) is 0 Å². The molecule has 12 aliphatic carbocycles. The van der Waals surface area contributed by atoms with E-state index in [0.29, 0.717) is 0 Å². The average Bonchev–Trinajstić information content (AvgIpc) is 2.75. The van der Waals surface area contributed by atoms with Crippen LogP contribution in [0.1, 0.15) is 119 Å². The Bertz CT molecular complexity index is 1220. The van der Waals surface area contributed by atoms with Crippen molar-refractivity contribution >= 4 is 23.6 Å². The number of ether oxygens (including phenoxy) is 2. The number of rotatable bonds is 8. The van der Waals surface area contributed by atoms with E-state index in [-0.39, 0.29) is 57.0 Å². The van der Waals surface area contributed by atoms with E-state index < -0.39 is 11.2 Å². The first-order chi connectivity index (χ1) is 21.1. The van der Waals surface area contributed by atoms with Gasteiger partial charge in [0.1, 0.15) is 5.60 Å². The van der Waals surface area contributed by atoms with Crippen molar-refractivity contribution in [2.75, 3.05) is 13.7 Å². The second kappa shape index (κ2) is 10.9. The maximum atomic E-state index is 11.0. The van der Waals surface area contributed by atoms with Crippen LogP contribution in [0, 0.1) is 0 Å². The molecule has 4 amide bonds. The standard InChI is InChI=1S/C10H15NO2.C9H15NO2.C8H13NO2.C7H11NO2/c1-7(2)13-10-4-9(5-10,6-10)11-8(3)12;1-3-12-9-4-8(5-9,6-9)10-7(2)11;1-6(10)9(2)7-3-8(11,4-7)5-7;1-5(9)8-6-2-7(10,3-6)4-6/h1,4-6H2,2-3H3,(H,11,12);3-6H2,1-2H3,(H,10,11);11H,3-5H2,1-2H3;10H,2-4H2,1H3,(H,8,9). The van der Waals surface area contributed by atoms with Crippen LogP contribution in [-0.4, -0.2) is 97.0 Å². The minimum atomic E-state index is -0.400. The molecule has 12 fully saturated rings. The lowest BCUT2D eigenvalue weighted by atomic mass is 9.45. The van der Waals surface area contributed by atoms with Crippen LogP contribution in [-0.2, 0) is 28.7 Å². The largest absolute Gasteiger partial charge is 0.492 e. The molecule has 258 valence electrons. The summed E-state index contributed by atoms with van der Waals surface area (Å²) in [7, 11) is 1.82. The zero-order chi connectivity index (χ0) is 34.2. The maximum absolute atomic E-state index is 11.0. The van der Waals surface area contributed by atoms with Gasteiger partial charge in [-0.2, -0.15) is 0 Å². The van der Waals surface area contributed by atoms with Gasteiger partial charge in [0.15, 0.2) is 0 Å². The Morgan fingerprint density at radius 1 is 0.652 bits per heavy atom. The first kappa shape index (κ1) is 34.6. The Balaban J connectivity index is 0.000000121. The summed E-state index contributed by atoms with van der Waals surface area (Å²) in [5.74, 6) is 1.04. The Labute approximate surface area is 272 Å². The van der Waals surface area contributed by atoms with Crippen molar-refractivity contribution in [1.82, 2.24) is 20.9 Å². The topological polar surface area (TPSA) is 167 Å². The van der Waals surface area contributed by atoms with Gasteiger partial charge in [0.2, 0.25) is 23.6 Å². The SMILES string of the molecule is C=C(C)OC12CC(NC(C)=O)(C1)C2.CC(=O)N(C)C12CC(O)(C1)C2.CC(=O)NC12CC(O)(C1)C2.CCOC12CC(NC(C)=O)(C1)C2. The number of nitrogens with one attached hydrogen (secondary N) is 3. The monoisotopic (exact) mass is 646 g/mol. The molecule has 0 unspecified atom stereocenters. The van der Waals surface area contributed by atoms with Crippen molar-refractivity contribution in [2.45, 2.75) is 163 Å². The van der Waals surface area contributed by atoms with Gasteiger partial charge in [-0.25, -0.2) is 0 Å². The van der Waals surface area contributed by atoms with Crippen LogP contribution in [0.4, 0.5) is 0 Å². The Kier molecular flexibility index (Phi) is 8.22. The molecular weight excluding hydrogens is 592 g/mol. The molecule has 12 rings (SSSR count). The minimum absolute atomic E-state index is 0.000579. The number of hydrogen-bond acceptors (Lipinski definition) is 8. The quantitative estimate of drug-likeness (QED) is 0.250. The molecule has 0 aliphatic heterocycles. The Morgan fingerprint density at radius 2 is 1.00 bits per heavy atom. The van der Waals surface area contributed by atoms with Gasteiger partial charge in [-0.15, -0.1) is 0 Å². The normalized spacial score (nSPS) is 44.0. The predicted octanol–water partition coefficient (Wildman–Crippen LogP) is 2.10. The lowest BCUT2D eigenvalue weighted by Gasteiger charge is -2.70. The highest BCUT2D eigenvalue weighted by Crippen LogP contribution is 2.64. The lowest BCUT2D eigenvalue weighted by molar-refractivity contribution is -0.257. The second-order valence-electron chi connectivity index (χ2n) is 16.4. The summed E-state index contributed by atoms with van der Waals surface area (Å²) in [5, 5.41) is 27.5. The number of nitrogens with zero attached hydrogens (tertiary/aromatic N) is 1. The molecule has 0 aromatic heterocycles. The number of carbonyl (C=O) groups excluding carboxylic acids is 4. The van der Waals surface area contributed by atoms with Crippen molar-refractivity contribution in [2.24, 2.45) is 0 Å². The van der Waals surface area contributed by atoms with E-state index in [2.05, 4.69) is 22.5 Å². The lowest BCUT2D eigenvalue weighted by Crippen LogP contribution is -2.79. The zero-order valence-electron chi connectivity index (χ0n) is 28.7. The third-order valence-electron chi connectivity index (χ3n) is 11.3. The summed E-state index contributed by atoms with van der Waals surface area (Å²) < 4.78 is 11.2. The van der Waals surface area contributed by atoms with Gasteiger partial charge in [0, 0.05) is 71.7 Å².